The van der Waals surface area contributed by atoms with Gasteiger partial charge in [-0.3, -0.25) is 4.79 Å². The Morgan fingerprint density at radius 2 is 2.31 bits per heavy atom. The highest BCUT2D eigenvalue weighted by Gasteiger charge is 2.12. The Balaban J connectivity index is 2.50. The Kier molecular flexibility index (Phi) is 4.92. The first-order valence-corrected chi connectivity index (χ1v) is 6.14. The van der Waals surface area contributed by atoms with Gasteiger partial charge in [-0.1, -0.05) is 13.8 Å². The zero-order valence-electron chi connectivity index (χ0n) is 9.56. The molecule has 1 aromatic heterocycles. The standard InChI is InChI=1S/C11H18N2O2S/c1-7(2)10(5-14)13-4-9-3-8(6-16-9)11(12)15/h3,6-7,10,13-14H,4-5H2,1-2H3,(H2,12,15)/t10-/m1/s1. The van der Waals surface area contributed by atoms with Gasteiger partial charge in [0, 0.05) is 22.8 Å². The lowest BCUT2D eigenvalue weighted by molar-refractivity contribution is 0.100. The number of amides is 1. The highest BCUT2D eigenvalue weighted by Crippen LogP contribution is 2.14. The van der Waals surface area contributed by atoms with E-state index >= 15 is 0 Å². The molecular formula is C11H18N2O2S. The molecule has 1 rings (SSSR count). The molecular weight excluding hydrogens is 224 g/mol. The molecule has 4 N–H and O–H groups in total. The van der Waals surface area contributed by atoms with Crippen LogP contribution in [0.25, 0.3) is 0 Å². The van der Waals surface area contributed by atoms with Gasteiger partial charge in [-0.25, -0.2) is 0 Å². The smallest absolute Gasteiger partial charge is 0.249 e. The molecule has 0 aliphatic carbocycles. The van der Waals surface area contributed by atoms with E-state index in [1.165, 1.54) is 11.3 Å². The van der Waals surface area contributed by atoms with Crippen LogP contribution >= 0.6 is 11.3 Å². The van der Waals surface area contributed by atoms with Crippen LogP contribution in [0.5, 0.6) is 0 Å². The number of hydrogen-bond donors (Lipinski definition) is 3. The maximum absolute atomic E-state index is 10.9. The zero-order chi connectivity index (χ0) is 12.1. The van der Waals surface area contributed by atoms with Gasteiger partial charge in [0.1, 0.15) is 0 Å². The number of aliphatic hydroxyl groups is 1. The van der Waals surface area contributed by atoms with E-state index in [1.54, 1.807) is 11.4 Å². The second kappa shape index (κ2) is 5.98. The first kappa shape index (κ1) is 13.2. The molecule has 1 amide bonds. The van der Waals surface area contributed by atoms with E-state index in [0.29, 0.717) is 18.0 Å². The van der Waals surface area contributed by atoms with Crippen molar-refractivity contribution < 1.29 is 9.90 Å². The first-order chi connectivity index (χ1) is 7.54. The normalized spacial score (nSPS) is 13.0. The summed E-state index contributed by atoms with van der Waals surface area (Å²) in [6.07, 6.45) is 0. The summed E-state index contributed by atoms with van der Waals surface area (Å²) in [4.78, 5) is 11.9. The molecule has 4 nitrogen and oxygen atoms in total. The summed E-state index contributed by atoms with van der Waals surface area (Å²) < 4.78 is 0. The number of nitrogens with two attached hydrogens (primary N) is 1. The highest BCUT2D eigenvalue weighted by atomic mass is 32.1. The Morgan fingerprint density at radius 3 is 2.75 bits per heavy atom. The van der Waals surface area contributed by atoms with Crippen molar-refractivity contribution in [1.82, 2.24) is 5.32 Å². The van der Waals surface area contributed by atoms with Crippen molar-refractivity contribution in [3.63, 3.8) is 0 Å². The van der Waals surface area contributed by atoms with Gasteiger partial charge in [0.15, 0.2) is 0 Å². The molecule has 16 heavy (non-hydrogen) atoms. The van der Waals surface area contributed by atoms with Crippen molar-refractivity contribution in [2.75, 3.05) is 6.61 Å². The third-order valence-electron chi connectivity index (χ3n) is 2.48. The number of nitrogens with one attached hydrogen (secondary N) is 1. The van der Waals surface area contributed by atoms with E-state index in [1.807, 2.05) is 0 Å². The highest BCUT2D eigenvalue weighted by molar-refractivity contribution is 7.10. The Hall–Kier alpha value is -0.910. The van der Waals surface area contributed by atoms with Crippen molar-refractivity contribution in [1.29, 1.82) is 0 Å². The van der Waals surface area contributed by atoms with E-state index in [-0.39, 0.29) is 12.6 Å². The summed E-state index contributed by atoms with van der Waals surface area (Å²) >= 11 is 1.50. The average molecular weight is 242 g/mol. The summed E-state index contributed by atoms with van der Waals surface area (Å²) in [6.45, 7) is 4.88. The molecule has 5 heteroatoms. The predicted molar refractivity (Wildman–Crippen MR) is 65.4 cm³/mol. The lowest BCUT2D eigenvalue weighted by Gasteiger charge is -2.19. The van der Waals surface area contributed by atoms with Crippen LogP contribution in [0.1, 0.15) is 29.1 Å². The van der Waals surface area contributed by atoms with Crippen LogP contribution in [0.2, 0.25) is 0 Å². The third kappa shape index (κ3) is 3.59. The number of thiophene rings is 1. The minimum atomic E-state index is -0.398. The van der Waals surface area contributed by atoms with E-state index in [0.717, 1.165) is 4.88 Å². The van der Waals surface area contributed by atoms with Gasteiger partial charge in [-0.2, -0.15) is 0 Å². The van der Waals surface area contributed by atoms with Crippen LogP contribution in [0.15, 0.2) is 11.4 Å². The van der Waals surface area contributed by atoms with Gasteiger partial charge in [0.25, 0.3) is 0 Å². The van der Waals surface area contributed by atoms with Gasteiger partial charge in [0.2, 0.25) is 5.91 Å². The summed E-state index contributed by atoms with van der Waals surface area (Å²) in [5.41, 5.74) is 5.71. The fraction of sp³-hybridized carbons (Fsp3) is 0.545. The van der Waals surface area contributed by atoms with Gasteiger partial charge in [0.05, 0.1) is 12.2 Å². The predicted octanol–water partition coefficient (Wildman–Crippen LogP) is 0.953. The van der Waals surface area contributed by atoms with E-state index in [9.17, 15) is 4.79 Å². The molecule has 90 valence electrons. The second-order valence-electron chi connectivity index (χ2n) is 4.08. The first-order valence-electron chi connectivity index (χ1n) is 5.26. The minimum Gasteiger partial charge on any atom is -0.395 e. The molecule has 0 unspecified atom stereocenters. The van der Waals surface area contributed by atoms with Crippen LogP contribution in [-0.2, 0) is 6.54 Å². The van der Waals surface area contributed by atoms with E-state index in [2.05, 4.69) is 19.2 Å². The summed E-state index contributed by atoms with van der Waals surface area (Å²) in [6, 6.07) is 1.87. The van der Waals surface area contributed by atoms with Crippen molar-refractivity contribution >= 4 is 17.2 Å². The molecule has 0 saturated carbocycles. The topological polar surface area (TPSA) is 75.3 Å². The largest absolute Gasteiger partial charge is 0.395 e. The molecule has 1 heterocycles. The number of carbonyl (C=O) groups excluding carboxylic acids is 1. The quantitative estimate of drug-likeness (QED) is 0.695. The Labute approximate surface area is 99.5 Å². The summed E-state index contributed by atoms with van der Waals surface area (Å²) in [5.74, 6) is -0.0226. The molecule has 0 radical (unpaired) electrons. The molecule has 0 aliphatic heterocycles. The molecule has 0 fully saturated rings. The van der Waals surface area contributed by atoms with Gasteiger partial charge in [-0.15, -0.1) is 11.3 Å². The molecule has 0 saturated heterocycles. The number of aliphatic hydroxyl groups excluding tert-OH is 1. The maximum Gasteiger partial charge on any atom is 0.249 e. The minimum absolute atomic E-state index is 0.0825. The third-order valence-corrected chi connectivity index (χ3v) is 3.41. The lowest BCUT2D eigenvalue weighted by Crippen LogP contribution is -2.36. The van der Waals surface area contributed by atoms with Crippen LogP contribution in [-0.4, -0.2) is 23.7 Å². The molecule has 0 aliphatic rings. The SMILES string of the molecule is CC(C)[C@@H](CO)NCc1cc(C(N)=O)cs1. The van der Waals surface area contributed by atoms with E-state index < -0.39 is 5.91 Å². The van der Waals surface area contributed by atoms with Crippen molar-refractivity contribution in [3.05, 3.63) is 21.9 Å². The molecule has 1 aromatic rings. The summed E-state index contributed by atoms with van der Waals surface area (Å²) in [7, 11) is 0. The number of hydrogen-bond acceptors (Lipinski definition) is 4. The van der Waals surface area contributed by atoms with Gasteiger partial charge < -0.3 is 16.2 Å². The average Bonchev–Trinajstić information content (AvgIpc) is 2.67. The fourth-order valence-electron chi connectivity index (χ4n) is 1.35. The number of rotatable bonds is 6. The molecule has 0 bridgehead atoms. The molecule has 0 aromatic carbocycles. The van der Waals surface area contributed by atoms with Crippen LogP contribution in [0, 0.1) is 5.92 Å². The number of primary amides is 1. The van der Waals surface area contributed by atoms with Crippen LogP contribution in [0.4, 0.5) is 0 Å². The van der Waals surface area contributed by atoms with Gasteiger partial charge >= 0.3 is 0 Å². The zero-order valence-corrected chi connectivity index (χ0v) is 10.4. The molecule has 0 spiro atoms. The Bertz CT molecular complexity index is 350. The van der Waals surface area contributed by atoms with Crippen molar-refractivity contribution in [2.45, 2.75) is 26.4 Å². The lowest BCUT2D eigenvalue weighted by atomic mass is 10.1. The fourth-order valence-corrected chi connectivity index (χ4v) is 2.17. The maximum atomic E-state index is 10.9. The van der Waals surface area contributed by atoms with E-state index in [4.69, 9.17) is 10.8 Å². The summed E-state index contributed by atoms with van der Waals surface area (Å²) in [5, 5.41) is 14.1. The monoisotopic (exact) mass is 242 g/mol. The van der Waals surface area contributed by atoms with Crippen LogP contribution < -0.4 is 11.1 Å². The van der Waals surface area contributed by atoms with Crippen molar-refractivity contribution in [2.24, 2.45) is 11.7 Å². The number of carbonyl (C=O) groups is 1. The molecule has 1 atom stereocenters. The van der Waals surface area contributed by atoms with Gasteiger partial charge in [-0.05, 0) is 12.0 Å². The van der Waals surface area contributed by atoms with Crippen LogP contribution in [0.3, 0.4) is 0 Å². The second-order valence-corrected chi connectivity index (χ2v) is 5.08. The Morgan fingerprint density at radius 1 is 1.62 bits per heavy atom. The van der Waals surface area contributed by atoms with Crippen molar-refractivity contribution in [3.8, 4) is 0 Å².